The van der Waals surface area contributed by atoms with Gasteiger partial charge in [-0.2, -0.15) is 0 Å². The Balaban J connectivity index is 2.28. The molecule has 1 N–H and O–H groups in total. The van der Waals surface area contributed by atoms with Gasteiger partial charge in [-0.25, -0.2) is 0 Å². The minimum Gasteiger partial charge on any atom is -0.362 e. The second-order valence-corrected chi connectivity index (χ2v) is 5.54. The molecule has 114 valence electrons. The molecular weight excluding hydrogens is 268 g/mol. The van der Waals surface area contributed by atoms with Crippen molar-refractivity contribution in [3.05, 3.63) is 34.4 Å². The van der Waals surface area contributed by atoms with Gasteiger partial charge in [-0.3, -0.25) is 14.5 Å². The first-order valence-corrected chi connectivity index (χ1v) is 7.10. The standard InChI is InChI=1S/C16H22N2O3/c1-10-5-11(2)16(12(3)6-10)13(17-4)7-18-14(19)8-21-9-15(18)20/h5-6,13,17H,7-9H2,1-4H3. The van der Waals surface area contributed by atoms with Crippen LogP contribution >= 0.6 is 0 Å². The number of hydrogen-bond acceptors (Lipinski definition) is 4. The molecule has 1 fully saturated rings. The summed E-state index contributed by atoms with van der Waals surface area (Å²) in [6, 6.07) is 4.17. The Bertz CT molecular complexity index is 530. The van der Waals surface area contributed by atoms with Crippen molar-refractivity contribution < 1.29 is 14.3 Å². The lowest BCUT2D eigenvalue weighted by Crippen LogP contribution is -2.49. The van der Waals surface area contributed by atoms with E-state index in [-0.39, 0.29) is 31.1 Å². The van der Waals surface area contributed by atoms with E-state index in [1.54, 1.807) is 0 Å². The van der Waals surface area contributed by atoms with E-state index in [9.17, 15) is 9.59 Å². The summed E-state index contributed by atoms with van der Waals surface area (Å²) in [4.78, 5) is 25.0. The molecule has 1 atom stereocenters. The number of amides is 2. The summed E-state index contributed by atoms with van der Waals surface area (Å²) in [5, 5.41) is 3.22. The zero-order valence-electron chi connectivity index (χ0n) is 13.0. The van der Waals surface area contributed by atoms with Gasteiger partial charge in [0.05, 0.1) is 6.04 Å². The van der Waals surface area contributed by atoms with E-state index < -0.39 is 0 Å². The van der Waals surface area contributed by atoms with E-state index >= 15 is 0 Å². The third-order valence-electron chi connectivity index (χ3n) is 3.85. The molecule has 21 heavy (non-hydrogen) atoms. The van der Waals surface area contributed by atoms with Crippen LogP contribution in [0.5, 0.6) is 0 Å². The van der Waals surface area contributed by atoms with Gasteiger partial charge < -0.3 is 10.1 Å². The van der Waals surface area contributed by atoms with Crippen LogP contribution in [0, 0.1) is 20.8 Å². The molecule has 1 aliphatic rings. The maximum absolute atomic E-state index is 11.9. The van der Waals surface area contributed by atoms with E-state index in [1.807, 2.05) is 7.05 Å². The maximum atomic E-state index is 11.9. The van der Waals surface area contributed by atoms with Crippen molar-refractivity contribution >= 4 is 11.8 Å². The van der Waals surface area contributed by atoms with E-state index in [0.717, 1.165) is 5.56 Å². The number of hydrogen-bond donors (Lipinski definition) is 1. The van der Waals surface area contributed by atoms with Crippen molar-refractivity contribution in [1.82, 2.24) is 10.2 Å². The fourth-order valence-corrected chi connectivity index (χ4v) is 2.97. The second-order valence-electron chi connectivity index (χ2n) is 5.54. The number of benzene rings is 1. The highest BCUT2D eigenvalue weighted by Gasteiger charge is 2.29. The Kier molecular flexibility index (Phi) is 4.75. The van der Waals surface area contributed by atoms with Crippen molar-refractivity contribution in [2.45, 2.75) is 26.8 Å². The minimum atomic E-state index is -0.270. The van der Waals surface area contributed by atoms with Crippen LogP contribution in [0.4, 0.5) is 0 Å². The molecule has 2 amide bonds. The largest absolute Gasteiger partial charge is 0.362 e. The van der Waals surface area contributed by atoms with Gasteiger partial charge in [0.25, 0.3) is 11.8 Å². The van der Waals surface area contributed by atoms with Crippen LogP contribution in [-0.2, 0) is 14.3 Å². The molecule has 0 aromatic heterocycles. The normalized spacial score (nSPS) is 17.2. The summed E-state index contributed by atoms with van der Waals surface area (Å²) in [5.41, 5.74) is 4.69. The van der Waals surface area contributed by atoms with Crippen LogP contribution in [-0.4, -0.2) is 43.5 Å². The van der Waals surface area contributed by atoms with Crippen LogP contribution in [0.15, 0.2) is 12.1 Å². The van der Waals surface area contributed by atoms with E-state index in [2.05, 4.69) is 38.2 Å². The number of carbonyl (C=O) groups excluding carboxylic acids is 2. The molecule has 0 radical (unpaired) electrons. The number of carbonyl (C=O) groups is 2. The second kappa shape index (κ2) is 6.37. The molecule has 0 aliphatic carbocycles. The van der Waals surface area contributed by atoms with E-state index in [0.29, 0.717) is 6.54 Å². The highest BCUT2D eigenvalue weighted by molar-refractivity contribution is 5.98. The van der Waals surface area contributed by atoms with Crippen LogP contribution in [0.2, 0.25) is 0 Å². The van der Waals surface area contributed by atoms with Crippen LogP contribution in [0.3, 0.4) is 0 Å². The van der Waals surface area contributed by atoms with Gasteiger partial charge in [0.1, 0.15) is 13.2 Å². The van der Waals surface area contributed by atoms with E-state index in [4.69, 9.17) is 4.74 Å². The van der Waals surface area contributed by atoms with Gasteiger partial charge >= 0.3 is 0 Å². The van der Waals surface area contributed by atoms with Crippen LogP contribution in [0.25, 0.3) is 0 Å². The minimum absolute atomic E-state index is 0.0198. The molecule has 1 aromatic carbocycles. The molecule has 1 saturated heterocycles. The number of nitrogens with zero attached hydrogens (tertiary/aromatic N) is 1. The summed E-state index contributed by atoms with van der Waals surface area (Å²) in [6.45, 7) is 6.47. The summed E-state index contributed by atoms with van der Waals surface area (Å²) in [5.74, 6) is -0.539. The third-order valence-corrected chi connectivity index (χ3v) is 3.85. The first-order chi connectivity index (χ1) is 9.93. The van der Waals surface area contributed by atoms with Crippen LogP contribution < -0.4 is 5.32 Å². The molecule has 0 saturated carbocycles. The highest BCUT2D eigenvalue weighted by Crippen LogP contribution is 2.24. The zero-order valence-corrected chi connectivity index (χ0v) is 13.0. The third kappa shape index (κ3) is 3.31. The number of imide groups is 1. The van der Waals surface area contributed by atoms with Crippen molar-refractivity contribution in [1.29, 1.82) is 0 Å². The molecule has 2 rings (SSSR count). The van der Waals surface area contributed by atoms with Crippen LogP contribution in [0.1, 0.15) is 28.3 Å². The number of nitrogens with one attached hydrogen (secondary N) is 1. The average molecular weight is 290 g/mol. The summed E-state index contributed by atoms with van der Waals surface area (Å²) < 4.78 is 4.95. The smallest absolute Gasteiger partial charge is 0.255 e. The van der Waals surface area contributed by atoms with Crippen molar-refractivity contribution in [3.63, 3.8) is 0 Å². The lowest BCUT2D eigenvalue weighted by atomic mass is 9.93. The number of morpholine rings is 1. The molecular formula is C16H22N2O3. The van der Waals surface area contributed by atoms with Gasteiger partial charge in [-0.1, -0.05) is 17.7 Å². The monoisotopic (exact) mass is 290 g/mol. The van der Waals surface area contributed by atoms with Gasteiger partial charge in [0, 0.05) is 6.54 Å². The number of rotatable bonds is 4. The quantitative estimate of drug-likeness (QED) is 0.848. The first kappa shape index (κ1) is 15.7. The van der Waals surface area contributed by atoms with Gasteiger partial charge in [-0.05, 0) is 44.5 Å². The number of aryl methyl sites for hydroxylation is 3. The van der Waals surface area contributed by atoms with Crippen molar-refractivity contribution in [3.8, 4) is 0 Å². The Hall–Kier alpha value is -1.72. The molecule has 1 heterocycles. The Labute approximate surface area is 125 Å². The molecule has 0 bridgehead atoms. The van der Waals surface area contributed by atoms with Gasteiger partial charge in [-0.15, -0.1) is 0 Å². The Morgan fingerprint density at radius 2 is 1.67 bits per heavy atom. The Morgan fingerprint density at radius 1 is 1.14 bits per heavy atom. The molecule has 5 nitrogen and oxygen atoms in total. The lowest BCUT2D eigenvalue weighted by Gasteiger charge is -2.30. The topological polar surface area (TPSA) is 58.6 Å². The van der Waals surface area contributed by atoms with Crippen molar-refractivity contribution in [2.24, 2.45) is 0 Å². The van der Waals surface area contributed by atoms with Gasteiger partial charge in [0.15, 0.2) is 0 Å². The SMILES string of the molecule is CNC(CN1C(=O)COCC1=O)c1c(C)cc(C)cc1C. The maximum Gasteiger partial charge on any atom is 0.255 e. The Morgan fingerprint density at radius 3 is 2.14 bits per heavy atom. The summed E-state index contributed by atoms with van der Waals surface area (Å²) >= 11 is 0. The number of likely N-dealkylation sites (N-methyl/N-ethyl adjacent to an activating group) is 1. The molecule has 1 aliphatic heterocycles. The fraction of sp³-hybridized carbons (Fsp3) is 0.500. The molecule has 1 unspecified atom stereocenters. The average Bonchev–Trinajstić information content (AvgIpc) is 2.39. The molecule has 1 aromatic rings. The molecule has 0 spiro atoms. The first-order valence-electron chi connectivity index (χ1n) is 7.10. The highest BCUT2D eigenvalue weighted by atomic mass is 16.5. The van der Waals surface area contributed by atoms with E-state index in [1.165, 1.54) is 21.6 Å². The van der Waals surface area contributed by atoms with Gasteiger partial charge in [0.2, 0.25) is 0 Å². The lowest BCUT2D eigenvalue weighted by molar-refractivity contribution is -0.158. The predicted octanol–water partition coefficient (Wildman–Crippen LogP) is 1.26. The molecule has 5 heteroatoms. The number of ether oxygens (including phenoxy) is 1. The summed E-state index contributed by atoms with van der Waals surface area (Å²) in [6.07, 6.45) is 0. The zero-order chi connectivity index (χ0) is 15.6. The predicted molar refractivity (Wildman–Crippen MR) is 80.0 cm³/mol. The summed E-state index contributed by atoms with van der Waals surface area (Å²) in [7, 11) is 1.85. The fourth-order valence-electron chi connectivity index (χ4n) is 2.97. The van der Waals surface area contributed by atoms with Crippen molar-refractivity contribution in [2.75, 3.05) is 26.8 Å².